The van der Waals surface area contributed by atoms with E-state index in [-0.39, 0.29) is 11.7 Å². The van der Waals surface area contributed by atoms with E-state index in [1.54, 1.807) is 19.3 Å². The Balaban J connectivity index is 2.86. The maximum atomic E-state index is 11.6. The molecule has 112 valence electrons. The maximum absolute atomic E-state index is 11.6. The van der Waals surface area contributed by atoms with Crippen molar-refractivity contribution in [2.45, 2.75) is 53.0 Å². The Kier molecular flexibility index (Phi) is 6.93. The van der Waals surface area contributed by atoms with Gasteiger partial charge in [-0.2, -0.15) is 0 Å². The molecule has 0 N–H and O–H groups in total. The molecule has 2 atom stereocenters. The van der Waals surface area contributed by atoms with E-state index >= 15 is 0 Å². The van der Waals surface area contributed by atoms with Gasteiger partial charge in [-0.15, -0.1) is 0 Å². The number of halogens is 1. The van der Waals surface area contributed by atoms with Crippen molar-refractivity contribution in [2.75, 3.05) is 11.4 Å². The van der Waals surface area contributed by atoms with Crippen LogP contribution in [0.15, 0.2) is 12.4 Å². The molecule has 0 aromatic carbocycles. The lowest BCUT2D eigenvalue weighted by Crippen LogP contribution is -2.36. The number of hydrogen-bond acceptors (Lipinski definition) is 4. The van der Waals surface area contributed by atoms with Crippen molar-refractivity contribution in [3.05, 3.63) is 17.5 Å². The normalized spacial score (nSPS) is 13.8. The molecular formula is C15H24ClN3O. The van der Waals surface area contributed by atoms with Gasteiger partial charge in [-0.25, -0.2) is 9.97 Å². The Bertz CT molecular complexity index is 439. The lowest BCUT2D eigenvalue weighted by Gasteiger charge is -2.31. The number of carbonyl (C=O) groups is 1. The third-order valence-electron chi connectivity index (χ3n) is 3.82. The quantitative estimate of drug-likeness (QED) is 0.733. The van der Waals surface area contributed by atoms with Crippen LogP contribution in [0.4, 0.5) is 5.82 Å². The molecule has 20 heavy (non-hydrogen) atoms. The van der Waals surface area contributed by atoms with Crippen molar-refractivity contribution in [1.29, 1.82) is 0 Å². The van der Waals surface area contributed by atoms with Gasteiger partial charge in [0.2, 0.25) is 0 Å². The first-order chi connectivity index (χ1) is 9.51. The van der Waals surface area contributed by atoms with Gasteiger partial charge >= 0.3 is 0 Å². The second-order valence-corrected chi connectivity index (χ2v) is 5.48. The fourth-order valence-electron chi connectivity index (χ4n) is 2.25. The van der Waals surface area contributed by atoms with E-state index in [0.717, 1.165) is 25.8 Å². The molecule has 1 heterocycles. The van der Waals surface area contributed by atoms with Crippen molar-refractivity contribution < 1.29 is 4.79 Å². The van der Waals surface area contributed by atoms with Gasteiger partial charge in [-0.1, -0.05) is 25.4 Å². The van der Waals surface area contributed by atoms with E-state index < -0.39 is 0 Å². The average molecular weight is 298 g/mol. The topological polar surface area (TPSA) is 46.1 Å². The molecule has 0 saturated carbocycles. The first-order valence-electron chi connectivity index (χ1n) is 7.24. The molecule has 0 saturated heterocycles. The predicted octanol–water partition coefficient (Wildman–Crippen LogP) is 3.74. The highest BCUT2D eigenvalue weighted by molar-refractivity contribution is 6.31. The average Bonchev–Trinajstić information content (AvgIpc) is 2.44. The minimum atomic E-state index is 0.108. The zero-order valence-corrected chi connectivity index (χ0v) is 13.5. The van der Waals surface area contributed by atoms with Gasteiger partial charge < -0.3 is 4.90 Å². The van der Waals surface area contributed by atoms with E-state index in [4.69, 9.17) is 11.6 Å². The molecule has 2 unspecified atom stereocenters. The van der Waals surface area contributed by atoms with Crippen LogP contribution in [-0.2, 0) is 4.79 Å². The highest BCUT2D eigenvalue weighted by Gasteiger charge is 2.20. The van der Waals surface area contributed by atoms with E-state index in [1.807, 2.05) is 0 Å². The van der Waals surface area contributed by atoms with Crippen LogP contribution in [0, 0.1) is 5.92 Å². The molecule has 0 aliphatic rings. The first-order valence-corrected chi connectivity index (χ1v) is 7.62. The van der Waals surface area contributed by atoms with Gasteiger partial charge in [0.1, 0.15) is 5.78 Å². The van der Waals surface area contributed by atoms with E-state index in [9.17, 15) is 4.79 Å². The molecule has 0 aliphatic heterocycles. The van der Waals surface area contributed by atoms with Crippen molar-refractivity contribution >= 4 is 23.2 Å². The fraction of sp³-hybridized carbons (Fsp3) is 0.667. The molecular weight excluding hydrogens is 274 g/mol. The highest BCUT2D eigenvalue weighted by atomic mass is 35.5. The largest absolute Gasteiger partial charge is 0.351 e. The molecule has 0 bridgehead atoms. The summed E-state index contributed by atoms with van der Waals surface area (Å²) in [6.07, 6.45) is 5.93. The minimum Gasteiger partial charge on any atom is -0.351 e. The summed E-state index contributed by atoms with van der Waals surface area (Å²) in [5, 5.41) is 0.420. The number of carbonyl (C=O) groups excluding carboxylic acids is 1. The van der Waals surface area contributed by atoms with Crippen molar-refractivity contribution in [2.24, 2.45) is 5.92 Å². The number of nitrogens with zero attached hydrogens (tertiary/aromatic N) is 3. The number of rotatable bonds is 8. The van der Waals surface area contributed by atoms with Crippen LogP contribution in [0.25, 0.3) is 0 Å². The number of hydrogen-bond donors (Lipinski definition) is 0. The van der Waals surface area contributed by atoms with Crippen LogP contribution < -0.4 is 4.90 Å². The van der Waals surface area contributed by atoms with Crippen LogP contribution in [-0.4, -0.2) is 28.3 Å². The van der Waals surface area contributed by atoms with E-state index in [1.165, 1.54) is 0 Å². The summed E-state index contributed by atoms with van der Waals surface area (Å²) in [4.78, 5) is 22.1. The van der Waals surface area contributed by atoms with Crippen LogP contribution in [0.3, 0.4) is 0 Å². The van der Waals surface area contributed by atoms with Crippen molar-refractivity contribution in [3.8, 4) is 0 Å². The van der Waals surface area contributed by atoms with Crippen LogP contribution in [0.2, 0.25) is 5.15 Å². The van der Waals surface area contributed by atoms with Crippen LogP contribution in [0.5, 0.6) is 0 Å². The van der Waals surface area contributed by atoms with Gasteiger partial charge in [0.05, 0.1) is 0 Å². The third-order valence-corrected chi connectivity index (χ3v) is 4.08. The minimum absolute atomic E-state index is 0.108. The first kappa shape index (κ1) is 16.9. The summed E-state index contributed by atoms with van der Waals surface area (Å²) in [7, 11) is 0. The number of aromatic nitrogens is 2. The summed E-state index contributed by atoms with van der Waals surface area (Å²) < 4.78 is 0. The fourth-order valence-corrected chi connectivity index (χ4v) is 2.47. The lowest BCUT2D eigenvalue weighted by molar-refractivity contribution is -0.120. The summed E-state index contributed by atoms with van der Waals surface area (Å²) in [6.45, 7) is 8.75. The second-order valence-electron chi connectivity index (χ2n) is 5.13. The Morgan fingerprint density at radius 2 is 1.95 bits per heavy atom. The molecule has 5 heteroatoms. The van der Waals surface area contributed by atoms with Crippen molar-refractivity contribution in [3.63, 3.8) is 0 Å². The van der Waals surface area contributed by atoms with Gasteiger partial charge in [-0.05, 0) is 33.1 Å². The van der Waals surface area contributed by atoms with Crippen LogP contribution >= 0.6 is 11.6 Å². The van der Waals surface area contributed by atoms with Crippen molar-refractivity contribution in [1.82, 2.24) is 9.97 Å². The molecule has 1 aromatic rings. The van der Waals surface area contributed by atoms with Gasteiger partial charge in [0.15, 0.2) is 11.0 Å². The zero-order chi connectivity index (χ0) is 15.1. The molecule has 0 spiro atoms. The summed E-state index contributed by atoms with van der Waals surface area (Å²) >= 11 is 6.15. The number of ketones is 1. The third kappa shape index (κ3) is 4.44. The number of anilines is 1. The SMILES string of the molecule is CCC(CCN(c1nccnc1Cl)C(C)CC)C(C)=O. The van der Waals surface area contributed by atoms with Gasteiger partial charge in [0.25, 0.3) is 0 Å². The second kappa shape index (κ2) is 8.20. The Morgan fingerprint density at radius 3 is 2.45 bits per heavy atom. The summed E-state index contributed by atoms with van der Waals surface area (Å²) in [6, 6.07) is 0.314. The zero-order valence-electron chi connectivity index (χ0n) is 12.8. The maximum Gasteiger partial charge on any atom is 0.171 e. The Morgan fingerprint density at radius 1 is 1.30 bits per heavy atom. The Hall–Kier alpha value is -1.16. The Labute approximate surface area is 126 Å². The molecule has 0 fully saturated rings. The standard InChI is InChI=1S/C15H24ClN3O/c1-5-11(3)19(10-7-13(6-2)12(4)20)15-14(16)17-8-9-18-15/h8-9,11,13H,5-7,10H2,1-4H3. The molecule has 0 amide bonds. The van der Waals surface area contributed by atoms with Gasteiger partial charge in [0, 0.05) is 30.9 Å². The predicted molar refractivity (Wildman–Crippen MR) is 83.2 cm³/mol. The molecule has 0 aliphatic carbocycles. The molecule has 0 radical (unpaired) electrons. The van der Waals surface area contributed by atoms with Crippen LogP contribution in [0.1, 0.15) is 47.0 Å². The highest BCUT2D eigenvalue weighted by Crippen LogP contribution is 2.24. The monoisotopic (exact) mass is 297 g/mol. The smallest absolute Gasteiger partial charge is 0.171 e. The summed E-state index contributed by atoms with van der Waals surface area (Å²) in [5.74, 6) is 1.07. The number of Topliss-reactive ketones (excluding diaryl/α,β-unsaturated/α-hetero) is 1. The molecule has 1 rings (SSSR count). The van der Waals surface area contributed by atoms with Gasteiger partial charge in [-0.3, -0.25) is 4.79 Å². The lowest BCUT2D eigenvalue weighted by atomic mass is 9.97. The summed E-state index contributed by atoms with van der Waals surface area (Å²) in [5.41, 5.74) is 0. The van der Waals surface area contributed by atoms with E-state index in [2.05, 4.69) is 35.6 Å². The molecule has 4 nitrogen and oxygen atoms in total. The van der Waals surface area contributed by atoms with E-state index in [0.29, 0.717) is 17.0 Å². The molecule has 1 aromatic heterocycles.